The molecule has 0 radical (unpaired) electrons. The van der Waals surface area contributed by atoms with Crippen LogP contribution in [0.4, 0.5) is 10.5 Å². The summed E-state index contributed by atoms with van der Waals surface area (Å²) in [6.45, 7) is 1.26. The second kappa shape index (κ2) is 6.29. The predicted molar refractivity (Wildman–Crippen MR) is 70.9 cm³/mol. The molecule has 1 heterocycles. The zero-order chi connectivity index (χ0) is 13.7. The normalized spacial score (nSPS) is 17.9. The minimum atomic E-state index is -0.247. The Morgan fingerprint density at radius 3 is 2.74 bits per heavy atom. The van der Waals surface area contributed by atoms with Crippen molar-refractivity contribution in [3.05, 3.63) is 18.2 Å². The second-order valence-electron chi connectivity index (χ2n) is 4.23. The van der Waals surface area contributed by atoms with Crippen molar-refractivity contribution in [2.75, 3.05) is 32.8 Å². The van der Waals surface area contributed by atoms with Gasteiger partial charge >= 0.3 is 6.03 Å². The number of anilines is 1. The first-order valence-electron chi connectivity index (χ1n) is 6.10. The molecule has 1 fully saturated rings. The fourth-order valence-corrected chi connectivity index (χ4v) is 1.91. The van der Waals surface area contributed by atoms with Gasteiger partial charge in [0.1, 0.15) is 0 Å². The first-order chi connectivity index (χ1) is 9.22. The van der Waals surface area contributed by atoms with Crippen LogP contribution >= 0.6 is 0 Å². The van der Waals surface area contributed by atoms with Gasteiger partial charge in [-0.05, 0) is 18.6 Å². The molecular weight excluding hydrogens is 248 g/mol. The maximum absolute atomic E-state index is 11.8. The van der Waals surface area contributed by atoms with E-state index in [2.05, 4.69) is 10.6 Å². The summed E-state index contributed by atoms with van der Waals surface area (Å²) in [5, 5.41) is 5.60. The van der Waals surface area contributed by atoms with Crippen molar-refractivity contribution in [1.82, 2.24) is 5.32 Å². The third kappa shape index (κ3) is 3.51. The van der Waals surface area contributed by atoms with Crippen molar-refractivity contribution in [2.45, 2.75) is 12.5 Å². The Balaban J connectivity index is 1.96. The molecule has 1 aliphatic heterocycles. The highest BCUT2D eigenvalue weighted by atomic mass is 16.5. The van der Waals surface area contributed by atoms with Gasteiger partial charge in [-0.2, -0.15) is 0 Å². The van der Waals surface area contributed by atoms with Crippen molar-refractivity contribution >= 4 is 11.7 Å². The fourth-order valence-electron chi connectivity index (χ4n) is 1.91. The third-order valence-corrected chi connectivity index (χ3v) is 2.91. The zero-order valence-corrected chi connectivity index (χ0v) is 11.1. The molecule has 2 N–H and O–H groups in total. The van der Waals surface area contributed by atoms with Crippen molar-refractivity contribution in [3.63, 3.8) is 0 Å². The van der Waals surface area contributed by atoms with Crippen molar-refractivity contribution in [1.29, 1.82) is 0 Å². The molecule has 2 amide bonds. The van der Waals surface area contributed by atoms with E-state index in [9.17, 15) is 4.79 Å². The largest absolute Gasteiger partial charge is 0.493 e. The first kappa shape index (κ1) is 13.5. The van der Waals surface area contributed by atoms with E-state index in [1.165, 1.54) is 0 Å². The molecule has 0 unspecified atom stereocenters. The van der Waals surface area contributed by atoms with E-state index in [4.69, 9.17) is 14.2 Å². The van der Waals surface area contributed by atoms with Gasteiger partial charge in [-0.15, -0.1) is 0 Å². The summed E-state index contributed by atoms with van der Waals surface area (Å²) >= 11 is 0. The van der Waals surface area contributed by atoms with E-state index in [1.54, 1.807) is 32.4 Å². The summed E-state index contributed by atoms with van der Waals surface area (Å²) in [7, 11) is 3.12. The SMILES string of the molecule is COc1ccc(NC(=O)N[C@H]2CCOC2)cc1OC. The van der Waals surface area contributed by atoms with Crippen LogP contribution in [0.2, 0.25) is 0 Å². The Morgan fingerprint density at radius 2 is 2.11 bits per heavy atom. The van der Waals surface area contributed by atoms with Crippen LogP contribution in [0.15, 0.2) is 18.2 Å². The molecule has 1 saturated heterocycles. The number of hydrogen-bond acceptors (Lipinski definition) is 4. The lowest BCUT2D eigenvalue weighted by Gasteiger charge is -2.13. The molecule has 0 aromatic heterocycles. The van der Waals surface area contributed by atoms with Gasteiger partial charge in [0.05, 0.1) is 26.9 Å². The van der Waals surface area contributed by atoms with Gasteiger partial charge in [-0.1, -0.05) is 0 Å². The third-order valence-electron chi connectivity index (χ3n) is 2.91. The Bertz CT molecular complexity index is 444. The predicted octanol–water partition coefficient (Wildman–Crippen LogP) is 1.61. The number of carbonyl (C=O) groups is 1. The average Bonchev–Trinajstić information content (AvgIpc) is 2.91. The quantitative estimate of drug-likeness (QED) is 0.868. The lowest BCUT2D eigenvalue weighted by Crippen LogP contribution is -2.38. The van der Waals surface area contributed by atoms with Gasteiger partial charge in [0.15, 0.2) is 11.5 Å². The Morgan fingerprint density at radius 1 is 1.32 bits per heavy atom. The highest BCUT2D eigenvalue weighted by molar-refractivity contribution is 5.89. The van der Waals surface area contributed by atoms with Crippen molar-refractivity contribution < 1.29 is 19.0 Å². The molecule has 0 bridgehead atoms. The molecule has 0 aliphatic carbocycles. The molecule has 1 atom stereocenters. The Labute approximate surface area is 112 Å². The van der Waals surface area contributed by atoms with Crippen LogP contribution in [0.25, 0.3) is 0 Å². The number of amides is 2. The molecule has 2 rings (SSSR count). The number of urea groups is 1. The molecule has 19 heavy (non-hydrogen) atoms. The molecule has 104 valence electrons. The number of methoxy groups -OCH3 is 2. The van der Waals surface area contributed by atoms with E-state index in [0.29, 0.717) is 30.4 Å². The van der Waals surface area contributed by atoms with Crippen LogP contribution in [0, 0.1) is 0 Å². The lowest BCUT2D eigenvalue weighted by atomic mass is 10.2. The molecule has 1 aromatic carbocycles. The average molecular weight is 266 g/mol. The Kier molecular flexibility index (Phi) is 4.46. The van der Waals surface area contributed by atoms with E-state index >= 15 is 0 Å². The molecule has 1 aliphatic rings. The van der Waals surface area contributed by atoms with Crippen LogP contribution in [0.3, 0.4) is 0 Å². The van der Waals surface area contributed by atoms with Crippen LogP contribution in [-0.4, -0.2) is 39.5 Å². The number of rotatable bonds is 4. The van der Waals surface area contributed by atoms with Gasteiger partial charge in [0.25, 0.3) is 0 Å². The molecule has 1 aromatic rings. The van der Waals surface area contributed by atoms with Crippen LogP contribution in [0.1, 0.15) is 6.42 Å². The van der Waals surface area contributed by atoms with Crippen LogP contribution in [-0.2, 0) is 4.74 Å². The van der Waals surface area contributed by atoms with E-state index in [-0.39, 0.29) is 12.1 Å². The summed E-state index contributed by atoms with van der Waals surface area (Å²) in [4.78, 5) is 11.8. The smallest absolute Gasteiger partial charge is 0.319 e. The fraction of sp³-hybridized carbons (Fsp3) is 0.462. The monoisotopic (exact) mass is 266 g/mol. The number of benzene rings is 1. The molecule has 6 heteroatoms. The summed E-state index contributed by atoms with van der Waals surface area (Å²) in [6.07, 6.45) is 0.847. The van der Waals surface area contributed by atoms with Gasteiger partial charge in [0, 0.05) is 18.4 Å². The van der Waals surface area contributed by atoms with Crippen LogP contribution in [0.5, 0.6) is 11.5 Å². The molecule has 0 saturated carbocycles. The standard InChI is InChI=1S/C13H18N2O4/c1-17-11-4-3-9(7-12(11)18-2)14-13(16)15-10-5-6-19-8-10/h3-4,7,10H,5-6,8H2,1-2H3,(H2,14,15,16)/t10-/m0/s1. The highest BCUT2D eigenvalue weighted by Gasteiger charge is 2.17. The Hall–Kier alpha value is -1.95. The van der Waals surface area contributed by atoms with Gasteiger partial charge in [0.2, 0.25) is 0 Å². The molecular formula is C13H18N2O4. The molecule has 0 spiro atoms. The number of ether oxygens (including phenoxy) is 3. The number of carbonyl (C=O) groups excluding carboxylic acids is 1. The van der Waals surface area contributed by atoms with E-state index in [1.807, 2.05) is 0 Å². The maximum Gasteiger partial charge on any atom is 0.319 e. The summed E-state index contributed by atoms with van der Waals surface area (Å²) in [6, 6.07) is 5.05. The minimum absolute atomic E-state index is 0.0835. The lowest BCUT2D eigenvalue weighted by molar-refractivity contribution is 0.189. The zero-order valence-electron chi connectivity index (χ0n) is 11.1. The number of hydrogen-bond donors (Lipinski definition) is 2. The number of nitrogens with one attached hydrogen (secondary N) is 2. The second-order valence-corrected chi connectivity index (χ2v) is 4.23. The minimum Gasteiger partial charge on any atom is -0.493 e. The highest BCUT2D eigenvalue weighted by Crippen LogP contribution is 2.29. The first-order valence-corrected chi connectivity index (χ1v) is 6.10. The van der Waals surface area contributed by atoms with Gasteiger partial charge in [-0.3, -0.25) is 0 Å². The molecule has 6 nitrogen and oxygen atoms in total. The summed E-state index contributed by atoms with van der Waals surface area (Å²) in [5.41, 5.74) is 0.647. The van der Waals surface area contributed by atoms with Crippen LogP contribution < -0.4 is 20.1 Å². The summed E-state index contributed by atoms with van der Waals surface area (Å²) in [5.74, 6) is 1.20. The van der Waals surface area contributed by atoms with E-state index in [0.717, 1.165) is 6.42 Å². The van der Waals surface area contributed by atoms with Crippen molar-refractivity contribution in [2.24, 2.45) is 0 Å². The van der Waals surface area contributed by atoms with Gasteiger partial charge < -0.3 is 24.8 Å². The maximum atomic E-state index is 11.8. The van der Waals surface area contributed by atoms with E-state index < -0.39 is 0 Å². The summed E-state index contributed by atoms with van der Waals surface area (Å²) < 4.78 is 15.5. The topological polar surface area (TPSA) is 68.8 Å². The van der Waals surface area contributed by atoms with Crippen molar-refractivity contribution in [3.8, 4) is 11.5 Å². The van der Waals surface area contributed by atoms with Gasteiger partial charge in [-0.25, -0.2) is 4.79 Å².